The molecule has 0 spiro atoms. The molecule has 1 atom stereocenters. The van der Waals surface area contributed by atoms with Crippen molar-refractivity contribution in [2.45, 2.75) is 19.5 Å². The zero-order valence-electron chi connectivity index (χ0n) is 14.2. The van der Waals surface area contributed by atoms with Crippen LogP contribution in [0.5, 0.6) is 11.5 Å². The van der Waals surface area contributed by atoms with Gasteiger partial charge in [-0.05, 0) is 31.2 Å². The van der Waals surface area contributed by atoms with Crippen molar-refractivity contribution in [3.05, 3.63) is 77.6 Å². The molecule has 0 aliphatic carbocycles. The van der Waals surface area contributed by atoms with Gasteiger partial charge in [-0.25, -0.2) is 23.1 Å². The molecule has 0 bridgehead atoms. The number of pyridine rings is 1. The standard InChI is InChI=1S/C19H14F3N3O2/c1-11(20)19-17(22)3-2-14(25-19)7-18(26)12-4-13(21)6-15(5-12)27-16-8-23-10-24-9-16/h2-6,8-11H,7H2,1H3. The summed E-state index contributed by atoms with van der Waals surface area (Å²) >= 11 is 0. The number of carbonyl (C=O) groups excluding carboxylic acids is 1. The fourth-order valence-electron chi connectivity index (χ4n) is 2.40. The maximum Gasteiger partial charge on any atom is 0.169 e. The van der Waals surface area contributed by atoms with Gasteiger partial charge in [-0.1, -0.05) is 0 Å². The second-order valence-corrected chi connectivity index (χ2v) is 5.74. The number of nitrogens with zero attached hydrogens (tertiary/aromatic N) is 3. The summed E-state index contributed by atoms with van der Waals surface area (Å²) < 4.78 is 46.2. The van der Waals surface area contributed by atoms with Crippen molar-refractivity contribution in [1.82, 2.24) is 15.0 Å². The molecule has 0 aliphatic rings. The molecule has 138 valence electrons. The minimum absolute atomic E-state index is 0.0443. The van der Waals surface area contributed by atoms with Gasteiger partial charge in [0.25, 0.3) is 0 Å². The lowest BCUT2D eigenvalue weighted by Gasteiger charge is -2.09. The lowest BCUT2D eigenvalue weighted by Crippen LogP contribution is -2.08. The minimum atomic E-state index is -1.61. The topological polar surface area (TPSA) is 65.0 Å². The normalized spacial score (nSPS) is 11.9. The Balaban J connectivity index is 1.82. The molecule has 2 aromatic heterocycles. The van der Waals surface area contributed by atoms with E-state index in [2.05, 4.69) is 15.0 Å². The molecular formula is C19H14F3N3O2. The number of aromatic nitrogens is 3. The largest absolute Gasteiger partial charge is 0.454 e. The summed E-state index contributed by atoms with van der Waals surface area (Å²) in [4.78, 5) is 23.9. The van der Waals surface area contributed by atoms with Crippen LogP contribution in [0.2, 0.25) is 0 Å². The molecule has 0 amide bonds. The van der Waals surface area contributed by atoms with E-state index in [1.807, 2.05) is 0 Å². The SMILES string of the molecule is CC(F)c1nc(CC(=O)c2cc(F)cc(Oc3cncnc3)c2)ccc1F. The Morgan fingerprint density at radius 3 is 2.56 bits per heavy atom. The van der Waals surface area contributed by atoms with Gasteiger partial charge >= 0.3 is 0 Å². The van der Waals surface area contributed by atoms with Crippen LogP contribution in [0.1, 0.15) is 34.8 Å². The summed E-state index contributed by atoms with van der Waals surface area (Å²) in [6.45, 7) is 1.15. The van der Waals surface area contributed by atoms with E-state index in [-0.39, 0.29) is 34.9 Å². The smallest absolute Gasteiger partial charge is 0.169 e. The van der Waals surface area contributed by atoms with Crippen LogP contribution in [0.4, 0.5) is 13.2 Å². The maximum atomic E-state index is 13.9. The molecule has 3 aromatic rings. The molecular weight excluding hydrogens is 359 g/mol. The number of ether oxygens (including phenoxy) is 1. The number of rotatable bonds is 6. The van der Waals surface area contributed by atoms with Crippen LogP contribution < -0.4 is 4.74 Å². The van der Waals surface area contributed by atoms with Gasteiger partial charge < -0.3 is 4.74 Å². The molecule has 0 fully saturated rings. The summed E-state index contributed by atoms with van der Waals surface area (Å²) in [7, 11) is 0. The van der Waals surface area contributed by atoms with Gasteiger partial charge in [0.15, 0.2) is 11.5 Å². The van der Waals surface area contributed by atoms with Crippen LogP contribution in [-0.4, -0.2) is 20.7 Å². The highest BCUT2D eigenvalue weighted by atomic mass is 19.1. The summed E-state index contributed by atoms with van der Waals surface area (Å²) in [6.07, 6.45) is 2.25. The van der Waals surface area contributed by atoms with Crippen molar-refractivity contribution in [2.75, 3.05) is 0 Å². The number of benzene rings is 1. The zero-order chi connectivity index (χ0) is 19.4. The second-order valence-electron chi connectivity index (χ2n) is 5.74. The summed E-state index contributed by atoms with van der Waals surface area (Å²) in [5.74, 6) is -1.55. The second kappa shape index (κ2) is 7.94. The third-order valence-electron chi connectivity index (χ3n) is 3.62. The van der Waals surface area contributed by atoms with E-state index in [4.69, 9.17) is 4.74 Å². The van der Waals surface area contributed by atoms with Gasteiger partial charge in [-0.2, -0.15) is 0 Å². The summed E-state index contributed by atoms with van der Waals surface area (Å²) in [6, 6.07) is 5.87. The number of hydrogen-bond acceptors (Lipinski definition) is 5. The molecule has 0 saturated carbocycles. The van der Waals surface area contributed by atoms with E-state index in [0.29, 0.717) is 0 Å². The molecule has 27 heavy (non-hydrogen) atoms. The summed E-state index contributed by atoms with van der Waals surface area (Å²) in [5, 5.41) is 0. The van der Waals surface area contributed by atoms with Crippen LogP contribution in [0.3, 0.4) is 0 Å². The lowest BCUT2D eigenvalue weighted by molar-refractivity contribution is 0.0991. The van der Waals surface area contributed by atoms with Gasteiger partial charge in [0.2, 0.25) is 0 Å². The first-order chi connectivity index (χ1) is 12.9. The van der Waals surface area contributed by atoms with Crippen molar-refractivity contribution in [2.24, 2.45) is 0 Å². The Bertz CT molecular complexity index is 966. The molecule has 3 rings (SSSR count). The van der Waals surface area contributed by atoms with Gasteiger partial charge in [-0.15, -0.1) is 0 Å². The van der Waals surface area contributed by atoms with Crippen LogP contribution in [-0.2, 0) is 6.42 Å². The number of alkyl halides is 1. The Morgan fingerprint density at radius 1 is 1.11 bits per heavy atom. The highest BCUT2D eigenvalue weighted by Gasteiger charge is 2.16. The van der Waals surface area contributed by atoms with E-state index in [0.717, 1.165) is 25.1 Å². The van der Waals surface area contributed by atoms with Gasteiger partial charge in [0, 0.05) is 17.3 Å². The van der Waals surface area contributed by atoms with E-state index in [9.17, 15) is 18.0 Å². The van der Waals surface area contributed by atoms with Crippen molar-refractivity contribution < 1.29 is 22.7 Å². The Labute approximate surface area is 152 Å². The van der Waals surface area contributed by atoms with Crippen LogP contribution in [0, 0.1) is 11.6 Å². The number of hydrogen-bond donors (Lipinski definition) is 0. The first-order valence-corrected chi connectivity index (χ1v) is 7.98. The van der Waals surface area contributed by atoms with Crippen molar-refractivity contribution in [3.63, 3.8) is 0 Å². The molecule has 0 aliphatic heterocycles. The lowest BCUT2D eigenvalue weighted by atomic mass is 10.1. The van der Waals surface area contributed by atoms with E-state index in [1.54, 1.807) is 0 Å². The zero-order valence-corrected chi connectivity index (χ0v) is 14.2. The van der Waals surface area contributed by atoms with Gasteiger partial charge in [-0.3, -0.25) is 9.78 Å². The van der Waals surface area contributed by atoms with Crippen molar-refractivity contribution in [3.8, 4) is 11.5 Å². The molecule has 1 aromatic carbocycles. The van der Waals surface area contributed by atoms with Crippen LogP contribution in [0.25, 0.3) is 0 Å². The molecule has 2 heterocycles. The molecule has 8 heteroatoms. The summed E-state index contributed by atoms with van der Waals surface area (Å²) in [5.41, 5.74) is -0.139. The first-order valence-electron chi connectivity index (χ1n) is 7.98. The van der Waals surface area contributed by atoms with E-state index < -0.39 is 23.6 Å². The monoisotopic (exact) mass is 373 g/mol. The minimum Gasteiger partial charge on any atom is -0.454 e. The molecule has 0 saturated heterocycles. The van der Waals surface area contributed by atoms with Crippen LogP contribution in [0.15, 0.2) is 49.1 Å². The van der Waals surface area contributed by atoms with E-state index in [1.165, 1.54) is 30.9 Å². The van der Waals surface area contributed by atoms with Gasteiger partial charge in [0.05, 0.1) is 18.8 Å². The fourth-order valence-corrected chi connectivity index (χ4v) is 2.40. The molecule has 5 nitrogen and oxygen atoms in total. The maximum absolute atomic E-state index is 13.9. The highest BCUT2D eigenvalue weighted by Crippen LogP contribution is 2.24. The Hall–Kier alpha value is -3.29. The Morgan fingerprint density at radius 2 is 1.85 bits per heavy atom. The number of ketones is 1. The quantitative estimate of drug-likeness (QED) is 0.599. The Kier molecular flexibility index (Phi) is 5.44. The van der Waals surface area contributed by atoms with E-state index >= 15 is 0 Å². The molecule has 0 N–H and O–H groups in total. The van der Waals surface area contributed by atoms with Gasteiger partial charge in [0.1, 0.15) is 35.6 Å². The van der Waals surface area contributed by atoms with Crippen molar-refractivity contribution in [1.29, 1.82) is 0 Å². The third kappa shape index (κ3) is 4.66. The van der Waals surface area contributed by atoms with Crippen LogP contribution >= 0.6 is 0 Å². The molecule has 0 radical (unpaired) electrons. The average Bonchev–Trinajstić information content (AvgIpc) is 2.63. The number of carbonyl (C=O) groups is 1. The van der Waals surface area contributed by atoms with Crippen molar-refractivity contribution >= 4 is 5.78 Å². The number of halogens is 3. The fraction of sp³-hybridized carbons (Fsp3) is 0.158. The number of Topliss-reactive ketones (excluding diaryl/α,β-unsaturated/α-hetero) is 1. The molecule has 1 unspecified atom stereocenters. The predicted molar refractivity (Wildman–Crippen MR) is 90.3 cm³/mol. The highest BCUT2D eigenvalue weighted by molar-refractivity contribution is 5.97. The average molecular weight is 373 g/mol. The third-order valence-corrected chi connectivity index (χ3v) is 3.62. The first kappa shape index (κ1) is 18.5. The predicted octanol–water partition coefficient (Wildman–Crippen LogP) is 4.40.